The molecule has 0 amide bonds. The molecule has 5 nitrogen and oxygen atoms in total. The predicted octanol–water partition coefficient (Wildman–Crippen LogP) is 2.03. The summed E-state index contributed by atoms with van der Waals surface area (Å²) < 4.78 is 17.0. The van der Waals surface area contributed by atoms with E-state index in [4.69, 9.17) is 19.8 Å². The number of ether oxygens (including phenoxy) is 1. The first-order valence-corrected chi connectivity index (χ1v) is 6.66. The van der Waals surface area contributed by atoms with E-state index in [1.807, 2.05) is 27.7 Å². The average Bonchev–Trinajstić information content (AvgIpc) is 2.58. The van der Waals surface area contributed by atoms with Gasteiger partial charge in [0.05, 0.1) is 24.3 Å². The fourth-order valence-corrected chi connectivity index (χ4v) is 2.09. The molecule has 1 atom stereocenters. The summed E-state index contributed by atoms with van der Waals surface area (Å²) in [7, 11) is 0.966. The van der Waals surface area contributed by atoms with Crippen molar-refractivity contribution in [3.8, 4) is 11.5 Å². The lowest BCUT2D eigenvalue weighted by atomic mass is 9.75. The molecule has 1 saturated heterocycles. The minimum absolute atomic E-state index is 0.0809. The standard InChI is InChI=1S/C14H22BNO4/c1-13(2)14(3,4)20-15(19-13)12(16)9-6-7-10(17)11(8-9)18-5/h6-8,12,17H,16H2,1-5H3/t12-/m1/s1. The maximum Gasteiger partial charge on any atom is 0.480 e. The van der Waals surface area contributed by atoms with Crippen molar-refractivity contribution in [1.82, 2.24) is 0 Å². The van der Waals surface area contributed by atoms with Crippen LogP contribution < -0.4 is 10.5 Å². The third-order valence-corrected chi connectivity index (χ3v) is 4.15. The Morgan fingerprint density at radius 1 is 1.20 bits per heavy atom. The van der Waals surface area contributed by atoms with E-state index < -0.39 is 24.3 Å². The van der Waals surface area contributed by atoms with E-state index in [-0.39, 0.29) is 5.75 Å². The second-order valence-corrected chi connectivity index (χ2v) is 6.08. The Balaban J connectivity index is 2.23. The highest BCUT2D eigenvalue weighted by atomic mass is 16.7. The van der Waals surface area contributed by atoms with Gasteiger partial charge >= 0.3 is 7.12 Å². The molecule has 3 N–H and O–H groups in total. The number of nitrogens with two attached hydrogens (primary N) is 1. The molecule has 1 aromatic rings. The molecule has 1 aliphatic heterocycles. The van der Waals surface area contributed by atoms with Gasteiger partial charge in [0, 0.05) is 0 Å². The Bertz CT molecular complexity index is 488. The molecular formula is C14H22BNO4. The predicted molar refractivity (Wildman–Crippen MR) is 77.7 cm³/mol. The molecule has 1 heterocycles. The maximum absolute atomic E-state index is 9.62. The molecule has 0 saturated carbocycles. The van der Waals surface area contributed by atoms with Gasteiger partial charge in [0.2, 0.25) is 0 Å². The van der Waals surface area contributed by atoms with Crippen molar-refractivity contribution in [3.05, 3.63) is 23.8 Å². The van der Waals surface area contributed by atoms with Gasteiger partial charge in [0.25, 0.3) is 0 Å². The van der Waals surface area contributed by atoms with Crippen LogP contribution in [-0.4, -0.2) is 30.5 Å². The maximum atomic E-state index is 9.62. The second kappa shape index (κ2) is 4.95. The van der Waals surface area contributed by atoms with Gasteiger partial charge in [0.15, 0.2) is 11.5 Å². The summed E-state index contributed by atoms with van der Waals surface area (Å²) >= 11 is 0. The molecule has 0 bridgehead atoms. The third-order valence-electron chi connectivity index (χ3n) is 4.15. The van der Waals surface area contributed by atoms with E-state index in [2.05, 4.69) is 0 Å². The topological polar surface area (TPSA) is 73.9 Å². The van der Waals surface area contributed by atoms with E-state index in [1.54, 1.807) is 18.2 Å². The van der Waals surface area contributed by atoms with Crippen LogP contribution in [0.3, 0.4) is 0 Å². The van der Waals surface area contributed by atoms with E-state index in [0.717, 1.165) is 5.56 Å². The summed E-state index contributed by atoms with van der Waals surface area (Å²) in [6.45, 7) is 7.93. The SMILES string of the molecule is COc1cc([C@@H](N)B2OC(C)(C)C(C)(C)O2)ccc1O. The van der Waals surface area contributed by atoms with Gasteiger partial charge in [-0.3, -0.25) is 0 Å². The number of benzene rings is 1. The molecule has 0 spiro atoms. The minimum atomic E-state index is -0.533. The lowest BCUT2D eigenvalue weighted by Crippen LogP contribution is -2.41. The van der Waals surface area contributed by atoms with Gasteiger partial charge < -0.3 is 24.9 Å². The zero-order chi connectivity index (χ0) is 15.1. The smallest absolute Gasteiger partial charge is 0.480 e. The molecule has 110 valence electrons. The number of phenolic OH excluding ortho intramolecular Hbond substituents is 1. The summed E-state index contributed by atoms with van der Waals surface area (Å²) in [5.74, 6) is 0.0115. The van der Waals surface area contributed by atoms with Crippen LogP contribution in [0.5, 0.6) is 11.5 Å². The van der Waals surface area contributed by atoms with Crippen LogP contribution in [-0.2, 0) is 9.31 Å². The normalized spacial score (nSPS) is 21.8. The van der Waals surface area contributed by atoms with Gasteiger partial charge in [-0.05, 0) is 45.4 Å². The Morgan fingerprint density at radius 2 is 1.75 bits per heavy atom. The second-order valence-electron chi connectivity index (χ2n) is 6.08. The summed E-state index contributed by atoms with van der Waals surface area (Å²) in [5, 5.41) is 9.62. The monoisotopic (exact) mass is 279 g/mol. The Hall–Kier alpha value is -1.24. The minimum Gasteiger partial charge on any atom is -0.504 e. The number of methoxy groups -OCH3 is 1. The summed E-state index contributed by atoms with van der Waals surface area (Å²) in [6.07, 6.45) is 0. The Morgan fingerprint density at radius 3 is 2.25 bits per heavy atom. The van der Waals surface area contributed by atoms with Crippen LogP contribution >= 0.6 is 0 Å². The fourth-order valence-electron chi connectivity index (χ4n) is 2.09. The lowest BCUT2D eigenvalue weighted by molar-refractivity contribution is 0.00578. The van der Waals surface area contributed by atoms with E-state index >= 15 is 0 Å². The molecule has 20 heavy (non-hydrogen) atoms. The van der Waals surface area contributed by atoms with Crippen molar-refractivity contribution in [2.24, 2.45) is 5.73 Å². The number of aromatic hydroxyl groups is 1. The lowest BCUT2D eigenvalue weighted by Gasteiger charge is -2.32. The summed E-state index contributed by atoms with van der Waals surface area (Å²) in [6, 6.07) is 5.00. The number of phenols is 1. The third kappa shape index (κ3) is 2.51. The van der Waals surface area contributed by atoms with Gasteiger partial charge in [-0.15, -0.1) is 0 Å². The van der Waals surface area contributed by atoms with Crippen molar-refractivity contribution >= 4 is 7.12 Å². The van der Waals surface area contributed by atoms with Crippen LogP contribution in [0.2, 0.25) is 0 Å². The quantitative estimate of drug-likeness (QED) is 0.828. The van der Waals surface area contributed by atoms with E-state index in [1.165, 1.54) is 7.11 Å². The van der Waals surface area contributed by atoms with Crippen LogP contribution in [0, 0.1) is 0 Å². The van der Waals surface area contributed by atoms with Crippen LogP contribution in [0.25, 0.3) is 0 Å². The van der Waals surface area contributed by atoms with Gasteiger partial charge in [0.1, 0.15) is 0 Å². The van der Waals surface area contributed by atoms with Gasteiger partial charge in [-0.1, -0.05) is 6.07 Å². The highest BCUT2D eigenvalue weighted by Gasteiger charge is 2.53. The first-order valence-electron chi connectivity index (χ1n) is 6.66. The molecular weight excluding hydrogens is 257 g/mol. The van der Waals surface area contributed by atoms with Crippen LogP contribution in [0.1, 0.15) is 39.2 Å². The van der Waals surface area contributed by atoms with Crippen LogP contribution in [0.4, 0.5) is 0 Å². The number of hydrogen-bond acceptors (Lipinski definition) is 5. The van der Waals surface area contributed by atoms with Gasteiger partial charge in [-0.25, -0.2) is 0 Å². The molecule has 0 aromatic heterocycles. The molecule has 1 aromatic carbocycles. The molecule has 1 fully saturated rings. The Labute approximate surface area is 120 Å². The molecule has 6 heteroatoms. The summed E-state index contributed by atoms with van der Waals surface area (Å²) in [5.41, 5.74) is 6.18. The number of rotatable bonds is 3. The molecule has 0 radical (unpaired) electrons. The van der Waals surface area contributed by atoms with Crippen molar-refractivity contribution in [3.63, 3.8) is 0 Å². The largest absolute Gasteiger partial charge is 0.504 e. The van der Waals surface area contributed by atoms with Crippen molar-refractivity contribution in [1.29, 1.82) is 0 Å². The first kappa shape index (κ1) is 15.2. The summed E-state index contributed by atoms with van der Waals surface area (Å²) in [4.78, 5) is 0. The van der Waals surface area contributed by atoms with E-state index in [9.17, 15) is 5.11 Å². The van der Waals surface area contributed by atoms with Gasteiger partial charge in [-0.2, -0.15) is 0 Å². The van der Waals surface area contributed by atoms with Crippen molar-refractivity contribution < 1.29 is 19.2 Å². The Kier molecular flexibility index (Phi) is 3.75. The highest BCUT2D eigenvalue weighted by molar-refractivity contribution is 6.47. The highest BCUT2D eigenvalue weighted by Crippen LogP contribution is 2.40. The zero-order valence-corrected chi connectivity index (χ0v) is 12.6. The molecule has 2 rings (SSSR count). The van der Waals surface area contributed by atoms with Crippen molar-refractivity contribution in [2.75, 3.05) is 7.11 Å². The van der Waals surface area contributed by atoms with Crippen molar-refractivity contribution in [2.45, 2.75) is 44.8 Å². The first-order chi connectivity index (χ1) is 9.18. The molecule has 0 unspecified atom stereocenters. The number of hydrogen-bond donors (Lipinski definition) is 2. The molecule has 0 aliphatic carbocycles. The average molecular weight is 279 g/mol. The fraction of sp³-hybridized carbons (Fsp3) is 0.571. The van der Waals surface area contributed by atoms with E-state index in [0.29, 0.717) is 5.75 Å². The van der Waals surface area contributed by atoms with Crippen LogP contribution in [0.15, 0.2) is 18.2 Å². The zero-order valence-electron chi connectivity index (χ0n) is 12.6. The molecule has 1 aliphatic rings.